The summed E-state index contributed by atoms with van der Waals surface area (Å²) in [7, 11) is 0. The van der Waals surface area contributed by atoms with Gasteiger partial charge in [0.05, 0.1) is 0 Å². The molecule has 0 bridgehead atoms. The Morgan fingerprint density at radius 3 is 2.36 bits per heavy atom. The van der Waals surface area contributed by atoms with Crippen molar-refractivity contribution in [2.75, 3.05) is 0 Å². The van der Waals surface area contributed by atoms with Gasteiger partial charge in [-0.1, -0.05) is 0 Å². The van der Waals surface area contributed by atoms with Crippen molar-refractivity contribution in [3.05, 3.63) is 24.0 Å². The van der Waals surface area contributed by atoms with E-state index in [4.69, 9.17) is 9.47 Å². The average molecular weight is 365 g/mol. The summed E-state index contributed by atoms with van der Waals surface area (Å²) in [6.07, 6.45) is -5.42. The van der Waals surface area contributed by atoms with Gasteiger partial charge in [0.1, 0.15) is 18.0 Å². The van der Waals surface area contributed by atoms with Crippen molar-refractivity contribution < 1.29 is 36.6 Å². The Labute approximate surface area is 142 Å². The molecule has 5 nitrogen and oxygen atoms in total. The summed E-state index contributed by atoms with van der Waals surface area (Å²) in [5.41, 5.74) is -0.417. The SMILES string of the molecule is CC(C)(C)NC(=O)OC1CC(Oc2ccc(F)c(OC(F)(F)F)c2)C1. The third kappa shape index (κ3) is 6.32. The molecule has 0 aromatic heterocycles. The number of carbonyl (C=O) groups excluding carboxylic acids is 1. The number of benzene rings is 1. The average Bonchev–Trinajstić information content (AvgIpc) is 2.36. The highest BCUT2D eigenvalue weighted by Crippen LogP contribution is 2.33. The predicted octanol–water partition coefficient (Wildman–Crippen LogP) is 4.16. The molecule has 1 aliphatic rings. The lowest BCUT2D eigenvalue weighted by Crippen LogP contribution is -2.46. The summed E-state index contributed by atoms with van der Waals surface area (Å²) in [6, 6.07) is 2.88. The largest absolute Gasteiger partial charge is 0.573 e. The lowest BCUT2D eigenvalue weighted by Gasteiger charge is -2.35. The predicted molar refractivity (Wildman–Crippen MR) is 79.9 cm³/mol. The smallest absolute Gasteiger partial charge is 0.490 e. The van der Waals surface area contributed by atoms with Crippen LogP contribution in [-0.2, 0) is 4.74 Å². The third-order valence-corrected chi connectivity index (χ3v) is 3.23. The maximum absolute atomic E-state index is 13.3. The van der Waals surface area contributed by atoms with E-state index < -0.39 is 29.6 Å². The van der Waals surface area contributed by atoms with Gasteiger partial charge in [0, 0.05) is 24.4 Å². The highest BCUT2D eigenvalue weighted by Gasteiger charge is 2.35. The minimum absolute atomic E-state index is 0.0447. The number of hydrogen-bond donors (Lipinski definition) is 1. The molecule has 1 aliphatic carbocycles. The second kappa shape index (κ2) is 6.97. The highest BCUT2D eigenvalue weighted by molar-refractivity contribution is 5.68. The fraction of sp³-hybridized carbons (Fsp3) is 0.562. The Morgan fingerprint density at radius 2 is 1.80 bits per heavy atom. The standard InChI is InChI=1S/C16H19F4NO4/c1-15(2,3)21-14(22)24-11-6-10(7-11)23-9-4-5-12(17)13(8-9)25-16(18,19)20/h4-5,8,10-11H,6-7H2,1-3H3,(H,21,22). The zero-order valence-electron chi connectivity index (χ0n) is 13.9. The van der Waals surface area contributed by atoms with E-state index in [0.717, 1.165) is 12.1 Å². The first-order chi connectivity index (χ1) is 11.4. The van der Waals surface area contributed by atoms with Crippen LogP contribution in [0.1, 0.15) is 33.6 Å². The molecule has 0 unspecified atom stereocenters. The molecule has 0 heterocycles. The molecule has 25 heavy (non-hydrogen) atoms. The minimum Gasteiger partial charge on any atom is -0.490 e. The van der Waals surface area contributed by atoms with Crippen LogP contribution in [0.2, 0.25) is 0 Å². The zero-order valence-corrected chi connectivity index (χ0v) is 13.9. The van der Waals surface area contributed by atoms with Crippen LogP contribution >= 0.6 is 0 Å². The van der Waals surface area contributed by atoms with Gasteiger partial charge in [-0.25, -0.2) is 9.18 Å². The molecule has 1 aromatic rings. The zero-order chi connectivity index (χ0) is 18.8. The van der Waals surface area contributed by atoms with Crippen molar-refractivity contribution >= 4 is 6.09 Å². The van der Waals surface area contributed by atoms with Crippen LogP contribution in [0, 0.1) is 5.82 Å². The van der Waals surface area contributed by atoms with E-state index in [-0.39, 0.29) is 18.0 Å². The molecule has 0 spiro atoms. The van der Waals surface area contributed by atoms with Crippen LogP contribution in [0.4, 0.5) is 22.4 Å². The number of halogens is 4. The van der Waals surface area contributed by atoms with E-state index in [9.17, 15) is 22.4 Å². The lowest BCUT2D eigenvalue weighted by atomic mass is 9.92. The molecule has 9 heteroatoms. The van der Waals surface area contributed by atoms with Gasteiger partial charge in [-0.15, -0.1) is 13.2 Å². The first-order valence-corrected chi connectivity index (χ1v) is 7.62. The molecule has 1 fully saturated rings. The van der Waals surface area contributed by atoms with Crippen molar-refractivity contribution in [1.29, 1.82) is 0 Å². The second-order valence-corrected chi connectivity index (χ2v) is 6.75. The van der Waals surface area contributed by atoms with Crippen molar-refractivity contribution in [3.63, 3.8) is 0 Å². The van der Waals surface area contributed by atoms with Crippen LogP contribution in [0.5, 0.6) is 11.5 Å². The maximum atomic E-state index is 13.3. The summed E-state index contributed by atoms with van der Waals surface area (Å²) in [5.74, 6) is -2.05. The van der Waals surface area contributed by atoms with Crippen LogP contribution in [0.3, 0.4) is 0 Å². The van der Waals surface area contributed by atoms with E-state index in [1.807, 2.05) is 20.8 Å². The third-order valence-electron chi connectivity index (χ3n) is 3.23. The Morgan fingerprint density at radius 1 is 1.16 bits per heavy atom. The summed E-state index contributed by atoms with van der Waals surface area (Å²) >= 11 is 0. The minimum atomic E-state index is -4.99. The molecular weight excluding hydrogens is 346 g/mol. The molecule has 0 aliphatic heterocycles. The van der Waals surface area contributed by atoms with Gasteiger partial charge >= 0.3 is 12.5 Å². The Kier molecular flexibility index (Phi) is 5.34. The summed E-state index contributed by atoms with van der Waals surface area (Å²) in [4.78, 5) is 11.6. The number of alkyl halides is 3. The molecule has 1 saturated carbocycles. The summed E-state index contributed by atoms with van der Waals surface area (Å²) in [6.45, 7) is 5.45. The molecule has 140 valence electrons. The van der Waals surface area contributed by atoms with Crippen molar-refractivity contribution in [3.8, 4) is 11.5 Å². The highest BCUT2D eigenvalue weighted by atomic mass is 19.4. The lowest BCUT2D eigenvalue weighted by molar-refractivity contribution is -0.275. The molecular formula is C16H19F4NO4. The van der Waals surface area contributed by atoms with Crippen molar-refractivity contribution in [2.24, 2.45) is 0 Å². The van der Waals surface area contributed by atoms with Crippen molar-refractivity contribution in [2.45, 2.75) is 57.7 Å². The van der Waals surface area contributed by atoms with E-state index >= 15 is 0 Å². The van der Waals surface area contributed by atoms with E-state index in [2.05, 4.69) is 10.1 Å². The Hall–Kier alpha value is -2.19. The van der Waals surface area contributed by atoms with Gasteiger partial charge in [0.2, 0.25) is 0 Å². The number of hydrogen-bond acceptors (Lipinski definition) is 4. The number of nitrogens with one attached hydrogen (secondary N) is 1. The number of rotatable bonds is 4. The second-order valence-electron chi connectivity index (χ2n) is 6.75. The van der Waals surface area contributed by atoms with Gasteiger partial charge in [0.25, 0.3) is 0 Å². The van der Waals surface area contributed by atoms with Gasteiger partial charge in [0.15, 0.2) is 11.6 Å². The van der Waals surface area contributed by atoms with Gasteiger partial charge in [-0.3, -0.25) is 0 Å². The van der Waals surface area contributed by atoms with E-state index in [1.165, 1.54) is 6.07 Å². The maximum Gasteiger partial charge on any atom is 0.573 e. The van der Waals surface area contributed by atoms with E-state index in [1.54, 1.807) is 0 Å². The molecule has 1 amide bonds. The number of alkyl carbamates (subject to hydrolysis) is 1. The Bertz CT molecular complexity index is 622. The van der Waals surface area contributed by atoms with Crippen LogP contribution in [0.15, 0.2) is 18.2 Å². The first kappa shape index (κ1) is 19.1. The first-order valence-electron chi connectivity index (χ1n) is 7.62. The molecule has 1 aromatic carbocycles. The summed E-state index contributed by atoms with van der Waals surface area (Å²) in [5, 5.41) is 2.65. The molecule has 0 atom stereocenters. The Balaban J connectivity index is 1.83. The topological polar surface area (TPSA) is 56.8 Å². The normalized spacial score (nSPS) is 20.4. The monoisotopic (exact) mass is 365 g/mol. The number of amides is 1. The van der Waals surface area contributed by atoms with Crippen LogP contribution < -0.4 is 14.8 Å². The van der Waals surface area contributed by atoms with Gasteiger partial charge in [-0.05, 0) is 32.9 Å². The molecule has 1 N–H and O–H groups in total. The summed E-state index contributed by atoms with van der Waals surface area (Å²) < 4.78 is 64.1. The van der Waals surface area contributed by atoms with E-state index in [0.29, 0.717) is 12.8 Å². The quantitative estimate of drug-likeness (QED) is 0.814. The molecule has 2 rings (SSSR count). The number of carbonyl (C=O) groups is 1. The van der Waals surface area contributed by atoms with Gasteiger partial charge < -0.3 is 19.5 Å². The fourth-order valence-electron chi connectivity index (χ4n) is 2.15. The number of ether oxygens (including phenoxy) is 3. The molecule has 0 radical (unpaired) electrons. The van der Waals surface area contributed by atoms with Crippen LogP contribution in [-0.4, -0.2) is 30.2 Å². The van der Waals surface area contributed by atoms with Crippen LogP contribution in [0.25, 0.3) is 0 Å². The molecule has 0 saturated heterocycles. The fourth-order valence-corrected chi connectivity index (χ4v) is 2.15. The van der Waals surface area contributed by atoms with Gasteiger partial charge in [-0.2, -0.15) is 0 Å². The van der Waals surface area contributed by atoms with Crippen molar-refractivity contribution in [1.82, 2.24) is 5.32 Å².